The van der Waals surface area contributed by atoms with Gasteiger partial charge in [0.2, 0.25) is 0 Å². The zero-order chi connectivity index (χ0) is 19.0. The topological polar surface area (TPSA) is 28.5 Å². The van der Waals surface area contributed by atoms with E-state index in [9.17, 15) is 13.6 Å². The summed E-state index contributed by atoms with van der Waals surface area (Å²) in [6.07, 6.45) is 0. The number of hydrogen-bond acceptors (Lipinski definition) is 2. The third kappa shape index (κ3) is 3.45. The van der Waals surface area contributed by atoms with Crippen LogP contribution in [0.15, 0.2) is 48.5 Å². The molecule has 1 aliphatic heterocycles. The van der Waals surface area contributed by atoms with Gasteiger partial charge in [-0.05, 0) is 30.3 Å². The lowest BCUT2D eigenvalue weighted by molar-refractivity contribution is 0.0618. The molecule has 1 aromatic heterocycles. The first kappa shape index (κ1) is 17.7. The summed E-state index contributed by atoms with van der Waals surface area (Å²) >= 11 is 0. The summed E-state index contributed by atoms with van der Waals surface area (Å²) in [6.45, 7) is 3.10. The fraction of sp³-hybridized carbons (Fsp3) is 0.286. The smallest absolute Gasteiger partial charge is 0.270 e. The Hall–Kier alpha value is -2.73. The summed E-state index contributed by atoms with van der Waals surface area (Å²) in [5.41, 5.74) is 1.93. The molecule has 1 aliphatic rings. The summed E-state index contributed by atoms with van der Waals surface area (Å²) in [6, 6.07) is 13.1. The van der Waals surface area contributed by atoms with Crippen LogP contribution in [0.1, 0.15) is 16.1 Å². The number of halogens is 2. The van der Waals surface area contributed by atoms with Crippen LogP contribution < -0.4 is 0 Å². The van der Waals surface area contributed by atoms with Gasteiger partial charge >= 0.3 is 0 Å². The van der Waals surface area contributed by atoms with E-state index in [0.717, 1.165) is 5.39 Å². The highest BCUT2D eigenvalue weighted by Crippen LogP contribution is 2.22. The number of amides is 1. The highest BCUT2D eigenvalue weighted by Gasteiger charge is 2.25. The first-order valence-electron chi connectivity index (χ1n) is 9.03. The number of hydrogen-bond donors (Lipinski definition) is 0. The highest BCUT2D eigenvalue weighted by atomic mass is 19.1. The van der Waals surface area contributed by atoms with Crippen molar-refractivity contribution in [3.05, 3.63) is 71.4 Å². The number of aryl methyl sites for hydroxylation is 1. The molecule has 2 aromatic carbocycles. The molecule has 3 aromatic rings. The van der Waals surface area contributed by atoms with E-state index in [2.05, 4.69) is 4.90 Å². The van der Waals surface area contributed by atoms with E-state index < -0.39 is 0 Å². The summed E-state index contributed by atoms with van der Waals surface area (Å²) in [4.78, 5) is 16.9. The van der Waals surface area contributed by atoms with Gasteiger partial charge in [-0.15, -0.1) is 0 Å². The number of carbonyl (C=O) groups excluding carboxylic acids is 1. The highest BCUT2D eigenvalue weighted by molar-refractivity contribution is 5.98. The molecule has 4 nitrogen and oxygen atoms in total. The predicted octanol–water partition coefficient (Wildman–Crippen LogP) is 3.41. The van der Waals surface area contributed by atoms with Crippen LogP contribution in [-0.4, -0.2) is 46.5 Å². The van der Waals surface area contributed by atoms with Gasteiger partial charge < -0.3 is 9.47 Å². The maximum atomic E-state index is 13.8. The van der Waals surface area contributed by atoms with Gasteiger partial charge in [0.15, 0.2) is 0 Å². The SMILES string of the molecule is Cn1c(C(=O)N2CCN(Cc3ccccc3F)CC2)cc2ccc(F)cc21. The van der Waals surface area contributed by atoms with Gasteiger partial charge in [-0.3, -0.25) is 9.69 Å². The number of carbonyl (C=O) groups is 1. The monoisotopic (exact) mass is 369 g/mol. The average molecular weight is 369 g/mol. The Morgan fingerprint density at radius 1 is 1.00 bits per heavy atom. The van der Waals surface area contributed by atoms with Gasteiger partial charge in [0.05, 0.1) is 5.52 Å². The number of piperazine rings is 1. The molecule has 140 valence electrons. The van der Waals surface area contributed by atoms with Crippen molar-refractivity contribution < 1.29 is 13.6 Å². The van der Waals surface area contributed by atoms with Crippen LogP contribution in [0.3, 0.4) is 0 Å². The standard InChI is InChI=1S/C21H21F2N3O/c1-24-19-13-17(22)7-6-15(19)12-20(24)21(27)26-10-8-25(9-11-26)14-16-4-2-3-5-18(16)23/h2-7,12-13H,8-11,14H2,1H3. The number of aromatic nitrogens is 1. The molecule has 0 radical (unpaired) electrons. The van der Waals surface area contributed by atoms with E-state index in [1.165, 1.54) is 18.2 Å². The summed E-state index contributed by atoms with van der Waals surface area (Å²) in [5.74, 6) is -0.567. The van der Waals surface area contributed by atoms with Crippen molar-refractivity contribution in [2.45, 2.75) is 6.54 Å². The van der Waals surface area contributed by atoms with E-state index in [-0.39, 0.29) is 17.5 Å². The molecule has 0 saturated carbocycles. The van der Waals surface area contributed by atoms with Crippen molar-refractivity contribution in [3.63, 3.8) is 0 Å². The fourth-order valence-corrected chi connectivity index (χ4v) is 3.65. The Morgan fingerprint density at radius 2 is 1.74 bits per heavy atom. The van der Waals surface area contributed by atoms with Crippen molar-refractivity contribution in [2.75, 3.05) is 26.2 Å². The van der Waals surface area contributed by atoms with Crippen molar-refractivity contribution >= 4 is 16.8 Å². The molecule has 0 bridgehead atoms. The van der Waals surface area contributed by atoms with Crippen LogP contribution in [-0.2, 0) is 13.6 Å². The predicted molar refractivity (Wildman–Crippen MR) is 100 cm³/mol. The molecule has 0 spiro atoms. The van der Waals surface area contributed by atoms with Crippen LogP contribution in [0.4, 0.5) is 8.78 Å². The summed E-state index contributed by atoms with van der Waals surface area (Å²) in [7, 11) is 1.78. The minimum Gasteiger partial charge on any atom is -0.340 e. The van der Waals surface area contributed by atoms with Crippen LogP contribution >= 0.6 is 0 Å². The van der Waals surface area contributed by atoms with Gasteiger partial charge in [-0.2, -0.15) is 0 Å². The van der Waals surface area contributed by atoms with Crippen LogP contribution in [0.5, 0.6) is 0 Å². The Kier molecular flexibility index (Phi) is 4.66. The summed E-state index contributed by atoms with van der Waals surface area (Å²) < 4.78 is 29.1. The Morgan fingerprint density at radius 3 is 2.48 bits per heavy atom. The maximum Gasteiger partial charge on any atom is 0.270 e. The van der Waals surface area contributed by atoms with Crippen molar-refractivity contribution in [2.24, 2.45) is 7.05 Å². The minimum atomic E-state index is -0.315. The van der Waals surface area contributed by atoms with Gasteiger partial charge in [-0.1, -0.05) is 18.2 Å². The third-order valence-electron chi connectivity index (χ3n) is 5.24. The molecule has 1 amide bonds. The molecular formula is C21H21F2N3O. The molecule has 1 fully saturated rings. The average Bonchev–Trinajstić information content (AvgIpc) is 3.00. The minimum absolute atomic E-state index is 0.0559. The quantitative estimate of drug-likeness (QED) is 0.708. The van der Waals surface area contributed by atoms with E-state index in [1.54, 1.807) is 29.8 Å². The zero-order valence-electron chi connectivity index (χ0n) is 15.2. The Labute approximate surface area is 156 Å². The van der Waals surface area contributed by atoms with Crippen LogP contribution in [0, 0.1) is 11.6 Å². The normalized spacial score (nSPS) is 15.4. The van der Waals surface area contributed by atoms with E-state index in [1.807, 2.05) is 17.0 Å². The number of nitrogens with zero attached hydrogens (tertiary/aromatic N) is 3. The second kappa shape index (κ2) is 7.12. The number of fused-ring (bicyclic) bond motifs is 1. The molecule has 0 aliphatic carbocycles. The molecule has 1 saturated heterocycles. The first-order chi connectivity index (χ1) is 13.0. The Bertz CT molecular complexity index is 990. The molecule has 0 N–H and O–H groups in total. The molecule has 6 heteroatoms. The Balaban J connectivity index is 1.44. The van der Waals surface area contributed by atoms with Crippen molar-refractivity contribution in [3.8, 4) is 0 Å². The molecule has 4 rings (SSSR count). The van der Waals surface area contributed by atoms with E-state index in [0.29, 0.717) is 49.5 Å². The van der Waals surface area contributed by atoms with E-state index >= 15 is 0 Å². The molecular weight excluding hydrogens is 348 g/mol. The zero-order valence-corrected chi connectivity index (χ0v) is 15.2. The molecule has 0 unspecified atom stereocenters. The van der Waals surface area contributed by atoms with Crippen LogP contribution in [0.2, 0.25) is 0 Å². The second-order valence-corrected chi connectivity index (χ2v) is 6.95. The largest absolute Gasteiger partial charge is 0.340 e. The lowest BCUT2D eigenvalue weighted by atomic mass is 10.2. The third-order valence-corrected chi connectivity index (χ3v) is 5.24. The molecule has 2 heterocycles. The maximum absolute atomic E-state index is 13.8. The first-order valence-corrected chi connectivity index (χ1v) is 9.03. The molecule has 27 heavy (non-hydrogen) atoms. The van der Waals surface area contributed by atoms with Gasteiger partial charge in [0.25, 0.3) is 5.91 Å². The van der Waals surface area contributed by atoms with Gasteiger partial charge in [-0.25, -0.2) is 8.78 Å². The number of benzene rings is 2. The van der Waals surface area contributed by atoms with Gasteiger partial charge in [0, 0.05) is 50.7 Å². The lowest BCUT2D eigenvalue weighted by Gasteiger charge is -2.34. The van der Waals surface area contributed by atoms with Gasteiger partial charge in [0.1, 0.15) is 17.3 Å². The van der Waals surface area contributed by atoms with E-state index in [4.69, 9.17) is 0 Å². The number of rotatable bonds is 3. The van der Waals surface area contributed by atoms with Crippen LogP contribution in [0.25, 0.3) is 10.9 Å². The van der Waals surface area contributed by atoms with Crippen molar-refractivity contribution in [1.82, 2.24) is 14.4 Å². The summed E-state index contributed by atoms with van der Waals surface area (Å²) in [5, 5.41) is 0.848. The molecule has 0 atom stereocenters. The second-order valence-electron chi connectivity index (χ2n) is 6.95. The van der Waals surface area contributed by atoms with Crippen molar-refractivity contribution in [1.29, 1.82) is 0 Å². The fourth-order valence-electron chi connectivity index (χ4n) is 3.65. The lowest BCUT2D eigenvalue weighted by Crippen LogP contribution is -2.48.